The Bertz CT molecular complexity index is 516. The molecule has 1 aromatic heterocycles. The van der Waals surface area contributed by atoms with Gasteiger partial charge < -0.3 is 9.73 Å². The van der Waals surface area contributed by atoms with Crippen molar-refractivity contribution in [1.29, 1.82) is 0 Å². The highest BCUT2D eigenvalue weighted by Gasteiger charge is 2.17. The Hall–Kier alpha value is -1.33. The van der Waals surface area contributed by atoms with Crippen LogP contribution in [-0.4, -0.2) is 11.5 Å². The summed E-state index contributed by atoms with van der Waals surface area (Å²) >= 11 is 1.34. The SMILES string of the molecule is CCCNC(C)c1c(F)cccc1Sc1ncco1. The second kappa shape index (κ2) is 6.73. The quantitative estimate of drug-likeness (QED) is 0.867. The molecule has 0 saturated carbocycles. The molecule has 1 aromatic carbocycles. The molecule has 0 aliphatic heterocycles. The first kappa shape index (κ1) is 14.1. The monoisotopic (exact) mass is 280 g/mol. The van der Waals surface area contributed by atoms with Crippen molar-refractivity contribution in [2.24, 2.45) is 0 Å². The maximum atomic E-state index is 14.1. The molecule has 0 fully saturated rings. The normalized spacial score (nSPS) is 12.6. The van der Waals surface area contributed by atoms with Gasteiger partial charge in [0.1, 0.15) is 12.1 Å². The molecule has 1 N–H and O–H groups in total. The van der Waals surface area contributed by atoms with Crippen LogP contribution in [0.15, 0.2) is 45.2 Å². The van der Waals surface area contributed by atoms with Crippen molar-refractivity contribution in [3.8, 4) is 0 Å². The van der Waals surface area contributed by atoms with Gasteiger partial charge in [-0.15, -0.1) is 0 Å². The summed E-state index contributed by atoms with van der Waals surface area (Å²) in [6.07, 6.45) is 4.11. The molecule has 1 unspecified atom stereocenters. The van der Waals surface area contributed by atoms with Gasteiger partial charge in [0.05, 0.1) is 6.20 Å². The van der Waals surface area contributed by atoms with E-state index >= 15 is 0 Å². The second-order valence-corrected chi connectivity index (χ2v) is 5.22. The van der Waals surface area contributed by atoms with Gasteiger partial charge in [-0.2, -0.15) is 0 Å². The summed E-state index contributed by atoms with van der Waals surface area (Å²) < 4.78 is 19.3. The number of hydrogen-bond acceptors (Lipinski definition) is 4. The molecule has 19 heavy (non-hydrogen) atoms. The average molecular weight is 280 g/mol. The zero-order chi connectivity index (χ0) is 13.7. The fourth-order valence-electron chi connectivity index (χ4n) is 1.84. The minimum atomic E-state index is -0.201. The fourth-order valence-corrected chi connectivity index (χ4v) is 2.78. The number of oxazole rings is 1. The van der Waals surface area contributed by atoms with Gasteiger partial charge in [-0.05, 0) is 43.8 Å². The molecule has 0 bridgehead atoms. The van der Waals surface area contributed by atoms with Crippen LogP contribution in [0.3, 0.4) is 0 Å². The summed E-state index contributed by atoms with van der Waals surface area (Å²) in [5.74, 6) is -0.201. The lowest BCUT2D eigenvalue weighted by molar-refractivity contribution is 0.453. The Morgan fingerprint density at radius 3 is 3.00 bits per heavy atom. The molecule has 0 aliphatic carbocycles. The van der Waals surface area contributed by atoms with Crippen molar-refractivity contribution in [1.82, 2.24) is 10.3 Å². The summed E-state index contributed by atoms with van der Waals surface area (Å²) in [6.45, 7) is 4.91. The molecule has 0 aliphatic rings. The minimum Gasteiger partial charge on any atom is -0.440 e. The molecule has 0 saturated heterocycles. The van der Waals surface area contributed by atoms with Crippen LogP contribution in [0.5, 0.6) is 0 Å². The summed E-state index contributed by atoms with van der Waals surface area (Å²) in [4.78, 5) is 4.89. The van der Waals surface area contributed by atoms with Crippen LogP contribution in [0, 0.1) is 5.82 Å². The van der Waals surface area contributed by atoms with E-state index in [1.54, 1.807) is 12.3 Å². The molecule has 2 rings (SSSR count). The third-order valence-electron chi connectivity index (χ3n) is 2.75. The Morgan fingerprint density at radius 1 is 1.47 bits per heavy atom. The molecule has 2 aromatic rings. The number of benzene rings is 1. The predicted molar refractivity (Wildman–Crippen MR) is 73.7 cm³/mol. The van der Waals surface area contributed by atoms with E-state index in [4.69, 9.17) is 4.42 Å². The van der Waals surface area contributed by atoms with Crippen molar-refractivity contribution in [2.75, 3.05) is 6.54 Å². The van der Waals surface area contributed by atoms with Crippen LogP contribution in [0.25, 0.3) is 0 Å². The van der Waals surface area contributed by atoms with E-state index in [9.17, 15) is 4.39 Å². The average Bonchev–Trinajstić information content (AvgIpc) is 2.89. The summed E-state index contributed by atoms with van der Waals surface area (Å²) in [6, 6.07) is 5.03. The van der Waals surface area contributed by atoms with Crippen molar-refractivity contribution in [3.05, 3.63) is 42.0 Å². The molecule has 0 amide bonds. The molecular formula is C14H17FN2OS. The van der Waals surface area contributed by atoms with Crippen LogP contribution in [0.1, 0.15) is 31.9 Å². The Labute approximate surface area is 116 Å². The Kier molecular flexibility index (Phi) is 4.99. The highest BCUT2D eigenvalue weighted by molar-refractivity contribution is 7.99. The smallest absolute Gasteiger partial charge is 0.260 e. The molecular weight excluding hydrogens is 263 g/mol. The molecule has 3 nitrogen and oxygen atoms in total. The van der Waals surface area contributed by atoms with E-state index in [2.05, 4.69) is 17.2 Å². The minimum absolute atomic E-state index is 0.0430. The first-order chi connectivity index (χ1) is 9.22. The maximum absolute atomic E-state index is 14.1. The van der Waals surface area contributed by atoms with Gasteiger partial charge in [0.15, 0.2) is 0 Å². The largest absolute Gasteiger partial charge is 0.440 e. The van der Waals surface area contributed by atoms with Crippen molar-refractivity contribution >= 4 is 11.8 Å². The number of halogens is 1. The standard InChI is InChI=1S/C14H17FN2OS/c1-3-7-16-10(2)13-11(15)5-4-6-12(13)19-14-17-8-9-18-14/h4-6,8-10,16H,3,7H2,1-2H3. The van der Waals surface area contributed by atoms with Crippen LogP contribution >= 0.6 is 11.8 Å². The Balaban J connectivity index is 2.25. The third kappa shape index (κ3) is 3.58. The lowest BCUT2D eigenvalue weighted by Gasteiger charge is -2.17. The van der Waals surface area contributed by atoms with E-state index in [1.807, 2.05) is 13.0 Å². The van der Waals surface area contributed by atoms with Crippen LogP contribution in [0.2, 0.25) is 0 Å². The lowest BCUT2D eigenvalue weighted by atomic mass is 10.1. The number of nitrogens with zero attached hydrogens (tertiary/aromatic N) is 1. The number of hydrogen-bond donors (Lipinski definition) is 1. The molecule has 1 atom stereocenters. The molecule has 5 heteroatoms. The summed E-state index contributed by atoms with van der Waals surface area (Å²) in [7, 11) is 0. The third-order valence-corrected chi connectivity index (χ3v) is 3.71. The second-order valence-electron chi connectivity index (χ2n) is 4.23. The summed E-state index contributed by atoms with van der Waals surface area (Å²) in [5.41, 5.74) is 0.666. The van der Waals surface area contributed by atoms with Crippen LogP contribution in [-0.2, 0) is 0 Å². The summed E-state index contributed by atoms with van der Waals surface area (Å²) in [5, 5.41) is 3.83. The van der Waals surface area contributed by atoms with Gasteiger partial charge in [-0.3, -0.25) is 0 Å². The van der Waals surface area contributed by atoms with Crippen molar-refractivity contribution in [3.63, 3.8) is 0 Å². The fraction of sp³-hybridized carbons (Fsp3) is 0.357. The van der Waals surface area contributed by atoms with Crippen molar-refractivity contribution in [2.45, 2.75) is 36.4 Å². The zero-order valence-electron chi connectivity index (χ0n) is 11.0. The topological polar surface area (TPSA) is 38.1 Å². The first-order valence-corrected chi connectivity index (χ1v) is 7.13. The van der Waals surface area contributed by atoms with Crippen LogP contribution in [0.4, 0.5) is 4.39 Å². The van der Waals surface area contributed by atoms with E-state index in [0.29, 0.717) is 10.8 Å². The van der Waals surface area contributed by atoms with E-state index in [1.165, 1.54) is 24.1 Å². The van der Waals surface area contributed by atoms with Crippen LogP contribution < -0.4 is 5.32 Å². The highest BCUT2D eigenvalue weighted by Crippen LogP contribution is 2.33. The van der Waals surface area contributed by atoms with Gasteiger partial charge in [0.2, 0.25) is 0 Å². The van der Waals surface area contributed by atoms with E-state index in [0.717, 1.165) is 17.9 Å². The van der Waals surface area contributed by atoms with Gasteiger partial charge in [-0.25, -0.2) is 9.37 Å². The number of aromatic nitrogens is 1. The number of rotatable bonds is 6. The number of nitrogens with one attached hydrogen (secondary N) is 1. The Morgan fingerprint density at radius 2 is 2.32 bits per heavy atom. The first-order valence-electron chi connectivity index (χ1n) is 6.31. The predicted octanol–water partition coefficient (Wildman–Crippen LogP) is 4.03. The maximum Gasteiger partial charge on any atom is 0.260 e. The zero-order valence-corrected chi connectivity index (χ0v) is 11.8. The molecule has 0 radical (unpaired) electrons. The highest BCUT2D eigenvalue weighted by atomic mass is 32.2. The van der Waals surface area contributed by atoms with Crippen molar-refractivity contribution < 1.29 is 8.81 Å². The lowest BCUT2D eigenvalue weighted by Crippen LogP contribution is -2.20. The van der Waals surface area contributed by atoms with E-state index in [-0.39, 0.29) is 11.9 Å². The molecule has 102 valence electrons. The van der Waals surface area contributed by atoms with Gasteiger partial charge in [0.25, 0.3) is 5.22 Å². The van der Waals surface area contributed by atoms with E-state index < -0.39 is 0 Å². The van der Waals surface area contributed by atoms with Gasteiger partial charge in [-0.1, -0.05) is 13.0 Å². The molecule has 0 spiro atoms. The molecule has 1 heterocycles. The van der Waals surface area contributed by atoms with Gasteiger partial charge >= 0.3 is 0 Å². The van der Waals surface area contributed by atoms with Gasteiger partial charge in [0, 0.05) is 16.5 Å².